The molecule has 0 aliphatic heterocycles. The van der Waals surface area contributed by atoms with E-state index in [9.17, 15) is 14.9 Å². The number of rotatable bonds is 7. The Bertz CT molecular complexity index is 1550. The Morgan fingerprint density at radius 1 is 0.750 bits per heavy atom. The Morgan fingerprint density at radius 3 is 2.22 bits per heavy atom. The molecule has 0 unspecified atom stereocenters. The average Bonchev–Trinajstić information content (AvgIpc) is 2.90. The summed E-state index contributed by atoms with van der Waals surface area (Å²) in [6.45, 7) is 0. The monoisotopic (exact) mass is 476 g/mol. The second-order valence-corrected chi connectivity index (χ2v) is 7.88. The van der Waals surface area contributed by atoms with Crippen molar-refractivity contribution in [2.75, 3.05) is 16.0 Å². The standard InChI is InChI=1S/C27H20N6O3/c34-27(32-19-7-5-18(6-8-19)30-20-11-14-28-15-12-20)23-10-9-21(17-26(23)33(35)36)31-25-13-16-29-24-4-2-1-3-22(24)25/h1-17H,(H,28,30)(H,29,31)(H,32,34). The van der Waals surface area contributed by atoms with Gasteiger partial charge in [0, 0.05) is 58.5 Å². The molecule has 1 amide bonds. The number of pyridine rings is 2. The molecule has 0 bridgehead atoms. The number of nitrogens with one attached hydrogen (secondary N) is 3. The van der Waals surface area contributed by atoms with Gasteiger partial charge in [0.2, 0.25) is 0 Å². The van der Waals surface area contributed by atoms with Gasteiger partial charge >= 0.3 is 0 Å². The summed E-state index contributed by atoms with van der Waals surface area (Å²) < 4.78 is 0. The molecule has 0 saturated carbocycles. The molecule has 0 spiro atoms. The molecule has 2 heterocycles. The zero-order valence-corrected chi connectivity index (χ0v) is 18.9. The minimum absolute atomic E-state index is 0.0378. The van der Waals surface area contributed by atoms with Crippen molar-refractivity contribution in [3.63, 3.8) is 0 Å². The van der Waals surface area contributed by atoms with Crippen LogP contribution in [0.15, 0.2) is 104 Å². The van der Waals surface area contributed by atoms with Gasteiger partial charge in [0.05, 0.1) is 10.4 Å². The Kier molecular flexibility index (Phi) is 6.18. The van der Waals surface area contributed by atoms with Gasteiger partial charge in [0.1, 0.15) is 5.56 Å². The molecule has 0 saturated heterocycles. The lowest BCUT2D eigenvalue weighted by molar-refractivity contribution is -0.385. The van der Waals surface area contributed by atoms with Crippen LogP contribution in [0.4, 0.5) is 34.1 Å². The molecule has 0 fully saturated rings. The molecule has 5 aromatic rings. The largest absolute Gasteiger partial charge is 0.355 e. The number of hydrogen-bond acceptors (Lipinski definition) is 7. The van der Waals surface area contributed by atoms with Crippen molar-refractivity contribution in [1.82, 2.24) is 9.97 Å². The van der Waals surface area contributed by atoms with Crippen LogP contribution in [0.2, 0.25) is 0 Å². The average molecular weight is 476 g/mol. The van der Waals surface area contributed by atoms with E-state index in [1.54, 1.807) is 55.0 Å². The minimum Gasteiger partial charge on any atom is -0.355 e. The smallest absolute Gasteiger partial charge is 0.284 e. The first-order valence-electron chi connectivity index (χ1n) is 11.0. The van der Waals surface area contributed by atoms with E-state index in [1.807, 2.05) is 36.4 Å². The number of nitro benzene ring substituents is 1. The van der Waals surface area contributed by atoms with Crippen molar-refractivity contribution in [1.29, 1.82) is 0 Å². The molecule has 36 heavy (non-hydrogen) atoms. The van der Waals surface area contributed by atoms with Crippen LogP contribution >= 0.6 is 0 Å². The van der Waals surface area contributed by atoms with Crippen molar-refractivity contribution < 1.29 is 9.72 Å². The molecule has 5 rings (SSSR count). The topological polar surface area (TPSA) is 122 Å². The maximum absolute atomic E-state index is 12.9. The third-order valence-electron chi connectivity index (χ3n) is 5.48. The highest BCUT2D eigenvalue weighted by Crippen LogP contribution is 2.29. The third-order valence-corrected chi connectivity index (χ3v) is 5.48. The number of benzene rings is 3. The van der Waals surface area contributed by atoms with Crippen LogP contribution in [0, 0.1) is 10.1 Å². The minimum atomic E-state index is -0.572. The lowest BCUT2D eigenvalue weighted by atomic mass is 10.1. The van der Waals surface area contributed by atoms with E-state index in [2.05, 4.69) is 25.9 Å². The Balaban J connectivity index is 1.33. The van der Waals surface area contributed by atoms with E-state index in [-0.39, 0.29) is 11.3 Å². The summed E-state index contributed by atoms with van der Waals surface area (Å²) in [4.78, 5) is 32.4. The molecule has 9 heteroatoms. The lowest BCUT2D eigenvalue weighted by Gasteiger charge is -2.11. The summed E-state index contributed by atoms with van der Waals surface area (Å²) in [6.07, 6.45) is 5.03. The molecule has 0 radical (unpaired) electrons. The summed E-state index contributed by atoms with van der Waals surface area (Å²) in [5.41, 5.74) is 3.93. The molecule has 2 aromatic heterocycles. The summed E-state index contributed by atoms with van der Waals surface area (Å²) in [6, 6.07) is 24.5. The van der Waals surface area contributed by atoms with Crippen molar-refractivity contribution >= 4 is 50.9 Å². The van der Waals surface area contributed by atoms with Gasteiger partial charge in [-0.2, -0.15) is 0 Å². The van der Waals surface area contributed by atoms with Crippen LogP contribution < -0.4 is 16.0 Å². The van der Waals surface area contributed by atoms with Gasteiger partial charge < -0.3 is 16.0 Å². The van der Waals surface area contributed by atoms with Crippen LogP contribution in [0.3, 0.4) is 0 Å². The zero-order valence-electron chi connectivity index (χ0n) is 18.9. The Labute approximate surface area is 206 Å². The second kappa shape index (κ2) is 9.90. The first kappa shape index (κ1) is 22.5. The second-order valence-electron chi connectivity index (χ2n) is 7.88. The quantitative estimate of drug-likeness (QED) is 0.187. The predicted octanol–water partition coefficient (Wildman–Crippen LogP) is 6.28. The number of nitrogens with zero attached hydrogens (tertiary/aromatic N) is 3. The van der Waals surface area contributed by atoms with E-state index >= 15 is 0 Å². The molecular formula is C27H20N6O3. The summed E-state index contributed by atoms with van der Waals surface area (Å²) in [5.74, 6) is -0.572. The number of carbonyl (C=O) groups excluding carboxylic acids is 1. The number of amides is 1. The van der Waals surface area contributed by atoms with Crippen molar-refractivity contribution in [3.8, 4) is 0 Å². The molecule has 3 N–H and O–H groups in total. The fraction of sp³-hybridized carbons (Fsp3) is 0. The van der Waals surface area contributed by atoms with Gasteiger partial charge in [-0.25, -0.2) is 0 Å². The van der Waals surface area contributed by atoms with Gasteiger partial charge in [-0.15, -0.1) is 0 Å². The highest BCUT2D eigenvalue weighted by Gasteiger charge is 2.21. The van der Waals surface area contributed by atoms with Crippen molar-refractivity contribution in [2.24, 2.45) is 0 Å². The number of fused-ring (bicyclic) bond motifs is 1. The van der Waals surface area contributed by atoms with Crippen LogP contribution in [-0.2, 0) is 0 Å². The highest BCUT2D eigenvalue weighted by atomic mass is 16.6. The zero-order chi connectivity index (χ0) is 24.9. The third kappa shape index (κ3) is 4.95. The first-order valence-corrected chi connectivity index (χ1v) is 11.0. The number of carbonyl (C=O) groups is 1. The van der Waals surface area contributed by atoms with Crippen LogP contribution in [0.25, 0.3) is 10.9 Å². The van der Waals surface area contributed by atoms with Gasteiger partial charge in [-0.05, 0) is 60.7 Å². The highest BCUT2D eigenvalue weighted by molar-refractivity contribution is 6.07. The van der Waals surface area contributed by atoms with Crippen LogP contribution in [0.5, 0.6) is 0 Å². The summed E-state index contributed by atoms with van der Waals surface area (Å²) >= 11 is 0. The number of nitro groups is 1. The molecule has 3 aromatic carbocycles. The molecule has 176 valence electrons. The molecule has 0 atom stereocenters. The normalized spacial score (nSPS) is 10.6. The van der Waals surface area contributed by atoms with E-state index < -0.39 is 10.8 Å². The van der Waals surface area contributed by atoms with Crippen molar-refractivity contribution in [3.05, 3.63) is 119 Å². The van der Waals surface area contributed by atoms with Crippen LogP contribution in [0.1, 0.15) is 10.4 Å². The van der Waals surface area contributed by atoms with Gasteiger partial charge in [0.25, 0.3) is 11.6 Å². The molecule has 9 nitrogen and oxygen atoms in total. The maximum atomic E-state index is 12.9. The van der Waals surface area contributed by atoms with Crippen LogP contribution in [-0.4, -0.2) is 20.8 Å². The van der Waals surface area contributed by atoms with Gasteiger partial charge in [-0.3, -0.25) is 24.9 Å². The molecule has 0 aliphatic carbocycles. The van der Waals surface area contributed by atoms with E-state index in [0.717, 1.165) is 28.0 Å². The number of anilines is 5. The number of para-hydroxylation sites is 1. The Hall–Kier alpha value is -5.31. The SMILES string of the molecule is O=C(Nc1ccc(Nc2ccncc2)cc1)c1ccc(Nc2ccnc3ccccc23)cc1[N+](=O)[O-]. The number of hydrogen-bond donors (Lipinski definition) is 3. The van der Waals surface area contributed by atoms with Gasteiger partial charge in [-0.1, -0.05) is 18.2 Å². The number of aromatic nitrogens is 2. The maximum Gasteiger partial charge on any atom is 0.284 e. The summed E-state index contributed by atoms with van der Waals surface area (Å²) in [7, 11) is 0. The molecular weight excluding hydrogens is 456 g/mol. The summed E-state index contributed by atoms with van der Waals surface area (Å²) in [5, 5.41) is 21.8. The first-order chi connectivity index (χ1) is 17.6. The Morgan fingerprint density at radius 2 is 1.44 bits per heavy atom. The fourth-order valence-corrected chi connectivity index (χ4v) is 3.75. The fourth-order valence-electron chi connectivity index (χ4n) is 3.75. The molecule has 0 aliphatic rings. The van der Waals surface area contributed by atoms with E-state index in [1.165, 1.54) is 12.1 Å². The lowest BCUT2D eigenvalue weighted by Crippen LogP contribution is -2.14. The van der Waals surface area contributed by atoms with Gasteiger partial charge in [0.15, 0.2) is 0 Å². The van der Waals surface area contributed by atoms with E-state index in [4.69, 9.17) is 0 Å². The van der Waals surface area contributed by atoms with E-state index in [0.29, 0.717) is 11.4 Å². The predicted molar refractivity (Wildman–Crippen MR) is 140 cm³/mol. The van der Waals surface area contributed by atoms with Crippen molar-refractivity contribution in [2.45, 2.75) is 0 Å².